The van der Waals surface area contributed by atoms with Crippen LogP contribution in [-0.2, 0) is 10.2 Å². The lowest BCUT2D eigenvalue weighted by atomic mass is 9.94. The molecule has 2 aliphatic rings. The van der Waals surface area contributed by atoms with Crippen molar-refractivity contribution in [2.75, 3.05) is 13.1 Å². The lowest BCUT2D eigenvalue weighted by molar-refractivity contribution is -0.132. The number of carbonyl (C=O) groups excluding carboxylic acids is 1. The Morgan fingerprint density at radius 3 is 2.73 bits per heavy atom. The van der Waals surface area contributed by atoms with Crippen molar-refractivity contribution < 1.29 is 9.18 Å². The fourth-order valence-corrected chi connectivity index (χ4v) is 4.46. The maximum atomic E-state index is 13.7. The van der Waals surface area contributed by atoms with Gasteiger partial charge in [-0.1, -0.05) is 30.3 Å². The number of benzene rings is 2. The van der Waals surface area contributed by atoms with Gasteiger partial charge in [-0.2, -0.15) is 0 Å². The molecule has 3 aromatic rings. The van der Waals surface area contributed by atoms with E-state index in [9.17, 15) is 9.18 Å². The van der Waals surface area contributed by atoms with Gasteiger partial charge >= 0.3 is 0 Å². The van der Waals surface area contributed by atoms with E-state index in [1.54, 1.807) is 12.1 Å². The van der Waals surface area contributed by atoms with Gasteiger partial charge in [0.15, 0.2) is 0 Å². The van der Waals surface area contributed by atoms with Crippen molar-refractivity contribution in [3.8, 4) is 0 Å². The second kappa shape index (κ2) is 5.70. The highest BCUT2D eigenvalue weighted by Gasteiger charge is 2.53. The number of hydrogen-bond acceptors (Lipinski definition) is 1. The van der Waals surface area contributed by atoms with Crippen molar-refractivity contribution in [2.45, 2.75) is 30.6 Å². The Kier molecular flexibility index (Phi) is 3.42. The summed E-state index contributed by atoms with van der Waals surface area (Å²) >= 11 is 0. The number of rotatable bonds is 3. The molecule has 0 spiro atoms. The van der Waals surface area contributed by atoms with E-state index in [-0.39, 0.29) is 23.1 Å². The Balaban J connectivity index is 1.39. The van der Waals surface area contributed by atoms with Crippen molar-refractivity contribution in [1.29, 1.82) is 0 Å². The lowest BCUT2D eigenvalue weighted by Crippen LogP contribution is -2.37. The SMILES string of the molecule is O=C(N1CCC(c2c[nH]c3ccc(F)cc23)C1)C1(c2ccccc2)CC1. The van der Waals surface area contributed by atoms with Gasteiger partial charge in [0.2, 0.25) is 5.91 Å². The zero-order chi connectivity index (χ0) is 17.7. The van der Waals surface area contributed by atoms with Gasteiger partial charge in [0.05, 0.1) is 5.41 Å². The van der Waals surface area contributed by atoms with Crippen molar-refractivity contribution in [2.24, 2.45) is 0 Å². The highest BCUT2D eigenvalue weighted by Crippen LogP contribution is 2.50. The zero-order valence-electron chi connectivity index (χ0n) is 14.5. The fourth-order valence-electron chi connectivity index (χ4n) is 4.46. The Bertz CT molecular complexity index is 974. The number of likely N-dealkylation sites (tertiary alicyclic amines) is 1. The third kappa shape index (κ3) is 2.36. The zero-order valence-corrected chi connectivity index (χ0v) is 14.5. The number of H-pyrrole nitrogens is 1. The smallest absolute Gasteiger partial charge is 0.233 e. The van der Waals surface area contributed by atoms with Crippen LogP contribution in [0.25, 0.3) is 10.9 Å². The van der Waals surface area contributed by atoms with E-state index in [0.717, 1.165) is 54.4 Å². The van der Waals surface area contributed by atoms with E-state index >= 15 is 0 Å². The van der Waals surface area contributed by atoms with Crippen molar-refractivity contribution in [3.05, 3.63) is 71.7 Å². The summed E-state index contributed by atoms with van der Waals surface area (Å²) in [7, 11) is 0. The van der Waals surface area contributed by atoms with Crippen LogP contribution in [-0.4, -0.2) is 28.9 Å². The Morgan fingerprint density at radius 2 is 1.96 bits per heavy atom. The summed E-state index contributed by atoms with van der Waals surface area (Å²) in [4.78, 5) is 18.5. The number of halogens is 1. The molecule has 4 heteroatoms. The number of fused-ring (bicyclic) bond motifs is 1. The molecule has 132 valence electrons. The third-order valence-electron chi connectivity index (χ3n) is 6.08. The monoisotopic (exact) mass is 348 g/mol. The molecule has 2 heterocycles. The summed E-state index contributed by atoms with van der Waals surface area (Å²) in [5, 5.41) is 0.938. The number of amides is 1. The molecular formula is C22H21FN2O. The molecule has 3 nitrogen and oxygen atoms in total. The molecule has 1 atom stereocenters. The van der Waals surface area contributed by atoms with Crippen LogP contribution >= 0.6 is 0 Å². The highest BCUT2D eigenvalue weighted by atomic mass is 19.1. The maximum Gasteiger partial charge on any atom is 0.233 e. The summed E-state index contributed by atoms with van der Waals surface area (Å²) in [5.74, 6) is 0.309. The molecule has 1 N–H and O–H groups in total. The third-order valence-corrected chi connectivity index (χ3v) is 6.08. The molecule has 1 unspecified atom stereocenters. The van der Waals surface area contributed by atoms with Crippen LogP contribution < -0.4 is 0 Å². The molecule has 1 aromatic heterocycles. The Hall–Kier alpha value is -2.62. The molecule has 2 fully saturated rings. The van der Waals surface area contributed by atoms with Crippen molar-refractivity contribution >= 4 is 16.8 Å². The van der Waals surface area contributed by atoms with Gasteiger partial charge < -0.3 is 9.88 Å². The van der Waals surface area contributed by atoms with E-state index in [2.05, 4.69) is 17.1 Å². The van der Waals surface area contributed by atoms with Crippen LogP contribution in [0.4, 0.5) is 4.39 Å². The van der Waals surface area contributed by atoms with E-state index in [4.69, 9.17) is 0 Å². The minimum Gasteiger partial charge on any atom is -0.361 e. The van der Waals surface area contributed by atoms with Crippen molar-refractivity contribution in [3.63, 3.8) is 0 Å². The summed E-state index contributed by atoms with van der Waals surface area (Å²) in [6.45, 7) is 1.50. The predicted molar refractivity (Wildman–Crippen MR) is 99.5 cm³/mol. The first-order valence-electron chi connectivity index (χ1n) is 9.29. The second-order valence-electron chi connectivity index (χ2n) is 7.62. The number of hydrogen-bond donors (Lipinski definition) is 1. The lowest BCUT2D eigenvalue weighted by Gasteiger charge is -2.23. The molecule has 0 bridgehead atoms. The van der Waals surface area contributed by atoms with E-state index in [1.807, 2.05) is 29.3 Å². The average molecular weight is 348 g/mol. The first-order valence-corrected chi connectivity index (χ1v) is 9.29. The molecule has 1 saturated carbocycles. The van der Waals surface area contributed by atoms with Gasteiger partial charge in [0.25, 0.3) is 0 Å². The largest absolute Gasteiger partial charge is 0.361 e. The van der Waals surface area contributed by atoms with E-state index in [1.165, 1.54) is 6.07 Å². The van der Waals surface area contributed by atoms with Crippen molar-refractivity contribution in [1.82, 2.24) is 9.88 Å². The molecule has 1 amide bonds. The molecule has 0 radical (unpaired) electrons. The number of nitrogens with one attached hydrogen (secondary N) is 1. The van der Waals surface area contributed by atoms with Gasteiger partial charge in [0, 0.05) is 36.1 Å². The Morgan fingerprint density at radius 1 is 1.15 bits per heavy atom. The molecule has 26 heavy (non-hydrogen) atoms. The van der Waals surface area contributed by atoms with E-state index < -0.39 is 0 Å². The average Bonchev–Trinajstić information content (AvgIpc) is 3.15. The molecule has 1 saturated heterocycles. The van der Waals surface area contributed by atoms with Gasteiger partial charge in [-0.25, -0.2) is 4.39 Å². The van der Waals surface area contributed by atoms with Gasteiger partial charge in [0.1, 0.15) is 5.82 Å². The van der Waals surface area contributed by atoms with Crippen LogP contribution in [0.15, 0.2) is 54.7 Å². The molecule has 5 rings (SSSR count). The molecular weight excluding hydrogens is 327 g/mol. The van der Waals surface area contributed by atoms with Gasteiger partial charge in [-0.05, 0) is 48.6 Å². The Labute approximate surface area is 151 Å². The first-order chi connectivity index (χ1) is 12.7. The minimum absolute atomic E-state index is 0.217. The summed E-state index contributed by atoms with van der Waals surface area (Å²) < 4.78 is 13.7. The summed E-state index contributed by atoms with van der Waals surface area (Å²) in [5.41, 5.74) is 2.92. The number of aromatic amines is 1. The fraction of sp³-hybridized carbons (Fsp3) is 0.318. The minimum atomic E-state index is -0.303. The number of carbonyl (C=O) groups is 1. The molecule has 1 aliphatic heterocycles. The molecule has 1 aliphatic carbocycles. The van der Waals surface area contributed by atoms with Gasteiger partial charge in [-0.15, -0.1) is 0 Å². The number of aromatic nitrogens is 1. The second-order valence-corrected chi connectivity index (χ2v) is 7.62. The van der Waals surface area contributed by atoms with Gasteiger partial charge in [-0.3, -0.25) is 4.79 Å². The quantitative estimate of drug-likeness (QED) is 0.750. The highest BCUT2D eigenvalue weighted by molar-refractivity contribution is 5.92. The normalized spacial score (nSPS) is 21.3. The van der Waals surface area contributed by atoms with Crippen LogP contribution in [0.5, 0.6) is 0 Å². The van der Waals surface area contributed by atoms with Crippen LogP contribution in [0.3, 0.4) is 0 Å². The van der Waals surface area contributed by atoms with E-state index in [0.29, 0.717) is 0 Å². The number of nitrogens with zero attached hydrogens (tertiary/aromatic N) is 1. The first kappa shape index (κ1) is 15.6. The standard InChI is InChI=1S/C22H21FN2O/c23-17-6-7-20-18(12-17)19(13-24-20)15-8-11-25(14-15)21(26)22(9-10-22)16-4-2-1-3-5-16/h1-7,12-13,15,24H,8-11,14H2. The topological polar surface area (TPSA) is 36.1 Å². The molecule has 2 aromatic carbocycles. The van der Waals surface area contributed by atoms with Crippen LogP contribution in [0, 0.1) is 5.82 Å². The predicted octanol–water partition coefficient (Wildman–Crippen LogP) is 4.35. The summed E-state index contributed by atoms with van der Waals surface area (Å²) in [6.07, 6.45) is 4.79. The summed E-state index contributed by atoms with van der Waals surface area (Å²) in [6, 6.07) is 15.0. The van der Waals surface area contributed by atoms with Crippen LogP contribution in [0.2, 0.25) is 0 Å². The van der Waals surface area contributed by atoms with Crippen LogP contribution in [0.1, 0.15) is 36.3 Å². The maximum absolute atomic E-state index is 13.7.